The summed E-state index contributed by atoms with van der Waals surface area (Å²) in [4.78, 5) is 0. The lowest BCUT2D eigenvalue weighted by atomic mass is 9.71. The number of ether oxygens (including phenoxy) is 1. The van der Waals surface area contributed by atoms with Gasteiger partial charge in [-0.2, -0.15) is 0 Å². The molecule has 2 rings (SSSR count). The van der Waals surface area contributed by atoms with Gasteiger partial charge in [0.2, 0.25) is 0 Å². The molecule has 0 saturated heterocycles. The van der Waals surface area contributed by atoms with Crippen molar-refractivity contribution in [3.05, 3.63) is 130 Å². The first kappa shape index (κ1) is 35.3. The third-order valence-corrected chi connectivity index (χ3v) is 8.79. The second-order valence-corrected chi connectivity index (χ2v) is 13.6. The van der Waals surface area contributed by atoms with Crippen LogP contribution in [0.5, 0.6) is 0 Å². The first-order valence-electron chi connectivity index (χ1n) is 15.8. The summed E-state index contributed by atoms with van der Waals surface area (Å²) in [6, 6.07) is 0. The second kappa shape index (κ2) is 16.7. The molecule has 2 aliphatic rings. The van der Waals surface area contributed by atoms with E-state index in [9.17, 15) is 0 Å². The van der Waals surface area contributed by atoms with Crippen molar-refractivity contribution in [1.29, 1.82) is 0 Å². The van der Waals surface area contributed by atoms with Gasteiger partial charge in [-0.1, -0.05) is 141 Å². The molecule has 0 heterocycles. The Balaban J connectivity index is 1.92. The summed E-state index contributed by atoms with van der Waals surface area (Å²) in [5, 5.41) is 0. The molecule has 2 aliphatic carbocycles. The molecular formula is C41H58O. The maximum atomic E-state index is 5.70. The smallest absolute Gasteiger partial charge is 0.0784 e. The fraction of sp³-hybridized carbons (Fsp3) is 0.463. The van der Waals surface area contributed by atoms with Crippen LogP contribution in [0.3, 0.4) is 0 Å². The van der Waals surface area contributed by atoms with Crippen molar-refractivity contribution in [3.63, 3.8) is 0 Å². The molecule has 0 aliphatic heterocycles. The monoisotopic (exact) mass is 566 g/mol. The van der Waals surface area contributed by atoms with Gasteiger partial charge in [0, 0.05) is 7.11 Å². The number of rotatable bonds is 11. The molecule has 0 bridgehead atoms. The quantitative estimate of drug-likeness (QED) is 0.226. The summed E-state index contributed by atoms with van der Waals surface area (Å²) in [5.74, 6) is 0. The first-order chi connectivity index (χ1) is 19.8. The molecule has 1 nitrogen and oxygen atoms in total. The summed E-state index contributed by atoms with van der Waals surface area (Å²) in [6.45, 7) is 22.5. The lowest BCUT2D eigenvalue weighted by Crippen LogP contribution is -2.28. The van der Waals surface area contributed by atoms with E-state index in [1.54, 1.807) is 5.57 Å². The molecular weight excluding hydrogens is 508 g/mol. The van der Waals surface area contributed by atoms with Crippen LogP contribution in [0, 0.1) is 10.8 Å². The molecule has 0 amide bonds. The molecule has 1 unspecified atom stereocenters. The van der Waals surface area contributed by atoms with E-state index < -0.39 is 0 Å². The van der Waals surface area contributed by atoms with Crippen molar-refractivity contribution < 1.29 is 4.74 Å². The summed E-state index contributed by atoms with van der Waals surface area (Å²) >= 11 is 0. The van der Waals surface area contributed by atoms with E-state index in [2.05, 4.69) is 154 Å². The third kappa shape index (κ3) is 11.4. The topological polar surface area (TPSA) is 9.23 Å². The number of hydrogen-bond donors (Lipinski definition) is 0. The molecule has 228 valence electrons. The SMILES string of the molecule is COC1CCC(C)(C)C(/C=C/C(C)=C\C=C\C(C)=C\C=C\C=C(C)\C=C\C=C(C)\C=C\C2=C(C)CCCC2(C)C)=C1C. The van der Waals surface area contributed by atoms with Crippen molar-refractivity contribution in [2.45, 2.75) is 107 Å². The van der Waals surface area contributed by atoms with Gasteiger partial charge < -0.3 is 4.74 Å². The summed E-state index contributed by atoms with van der Waals surface area (Å²) in [5.41, 5.74) is 11.3. The Kier molecular flexibility index (Phi) is 14.0. The van der Waals surface area contributed by atoms with Gasteiger partial charge in [0.05, 0.1) is 6.10 Å². The van der Waals surface area contributed by atoms with Crippen molar-refractivity contribution in [2.75, 3.05) is 7.11 Å². The highest BCUT2D eigenvalue weighted by Gasteiger charge is 2.31. The molecule has 0 saturated carbocycles. The Morgan fingerprint density at radius 1 is 0.643 bits per heavy atom. The van der Waals surface area contributed by atoms with Crippen molar-refractivity contribution in [1.82, 2.24) is 0 Å². The number of hydrogen-bond acceptors (Lipinski definition) is 1. The molecule has 1 heteroatoms. The van der Waals surface area contributed by atoms with Crippen LogP contribution in [0.2, 0.25) is 0 Å². The van der Waals surface area contributed by atoms with Crippen LogP contribution in [0.25, 0.3) is 0 Å². The Morgan fingerprint density at radius 2 is 1.10 bits per heavy atom. The molecule has 0 aromatic heterocycles. The highest BCUT2D eigenvalue weighted by Crippen LogP contribution is 2.42. The second-order valence-electron chi connectivity index (χ2n) is 13.6. The van der Waals surface area contributed by atoms with E-state index >= 15 is 0 Å². The zero-order valence-corrected chi connectivity index (χ0v) is 28.6. The van der Waals surface area contributed by atoms with E-state index in [1.165, 1.54) is 58.3 Å². The lowest BCUT2D eigenvalue weighted by molar-refractivity contribution is 0.101. The predicted molar refractivity (Wildman–Crippen MR) is 188 cm³/mol. The maximum absolute atomic E-state index is 5.70. The first-order valence-corrected chi connectivity index (χ1v) is 15.8. The standard InChI is InChI=1S/C41H58O/c1-31(19-14-21-33(3)24-26-37-35(5)23-16-29-40(37,7)8)17-12-13-18-32(2)20-15-22-34(4)25-27-38-36(6)39(42-11)28-30-41(38,9)10/h12-15,17-22,24-27,39H,16,23,28-30H2,1-11H3/b13-12+,19-14+,20-15+,26-24+,27-25+,31-17+,32-18+,33-21+,34-22-. The Hall–Kier alpha value is -2.90. The zero-order chi connectivity index (χ0) is 31.3. The largest absolute Gasteiger partial charge is 0.377 e. The van der Waals surface area contributed by atoms with Crippen LogP contribution < -0.4 is 0 Å². The summed E-state index contributed by atoms with van der Waals surface area (Å²) in [6.07, 6.45) is 36.9. The number of methoxy groups -OCH3 is 1. The molecule has 0 aromatic rings. The molecule has 0 spiro atoms. The van der Waals surface area contributed by atoms with Crippen LogP contribution >= 0.6 is 0 Å². The maximum Gasteiger partial charge on any atom is 0.0784 e. The van der Waals surface area contributed by atoms with E-state index in [0.29, 0.717) is 0 Å². The molecule has 42 heavy (non-hydrogen) atoms. The lowest BCUT2D eigenvalue weighted by Gasteiger charge is -2.36. The molecule has 0 fully saturated rings. The minimum Gasteiger partial charge on any atom is -0.377 e. The van der Waals surface area contributed by atoms with Crippen LogP contribution in [-0.2, 0) is 4.74 Å². The van der Waals surface area contributed by atoms with Crippen molar-refractivity contribution in [2.24, 2.45) is 10.8 Å². The highest BCUT2D eigenvalue weighted by molar-refractivity contribution is 5.39. The van der Waals surface area contributed by atoms with Gasteiger partial charge in [-0.15, -0.1) is 0 Å². The zero-order valence-electron chi connectivity index (χ0n) is 28.6. The normalized spacial score (nSPS) is 23.3. The van der Waals surface area contributed by atoms with E-state index in [4.69, 9.17) is 4.74 Å². The van der Waals surface area contributed by atoms with Gasteiger partial charge in [0.25, 0.3) is 0 Å². The van der Waals surface area contributed by atoms with Crippen LogP contribution in [0.1, 0.15) is 101 Å². The third-order valence-electron chi connectivity index (χ3n) is 8.79. The van der Waals surface area contributed by atoms with Gasteiger partial charge in [-0.05, 0) is 101 Å². The fourth-order valence-corrected chi connectivity index (χ4v) is 5.98. The average molecular weight is 567 g/mol. The Bertz CT molecular complexity index is 1270. The van der Waals surface area contributed by atoms with Gasteiger partial charge in [0.1, 0.15) is 0 Å². The molecule has 1 atom stereocenters. The minimum atomic E-state index is 0.191. The van der Waals surface area contributed by atoms with Crippen molar-refractivity contribution >= 4 is 0 Å². The summed E-state index contributed by atoms with van der Waals surface area (Å²) in [7, 11) is 1.82. The van der Waals surface area contributed by atoms with Crippen LogP contribution in [-0.4, -0.2) is 13.2 Å². The van der Waals surface area contributed by atoms with E-state index in [1.807, 2.05) is 7.11 Å². The highest BCUT2D eigenvalue weighted by atomic mass is 16.5. The van der Waals surface area contributed by atoms with Gasteiger partial charge in [-0.3, -0.25) is 0 Å². The minimum absolute atomic E-state index is 0.191. The average Bonchev–Trinajstić information content (AvgIpc) is 2.90. The Morgan fingerprint density at radius 3 is 1.60 bits per heavy atom. The van der Waals surface area contributed by atoms with E-state index in [0.717, 1.165) is 12.8 Å². The van der Waals surface area contributed by atoms with E-state index in [-0.39, 0.29) is 16.9 Å². The van der Waals surface area contributed by atoms with Gasteiger partial charge >= 0.3 is 0 Å². The Labute approximate surface area is 259 Å². The van der Waals surface area contributed by atoms with Crippen LogP contribution in [0.15, 0.2) is 130 Å². The van der Waals surface area contributed by atoms with Gasteiger partial charge in [-0.25, -0.2) is 0 Å². The summed E-state index contributed by atoms with van der Waals surface area (Å²) < 4.78 is 5.70. The van der Waals surface area contributed by atoms with Crippen molar-refractivity contribution in [3.8, 4) is 0 Å². The number of allylic oxidation sites excluding steroid dienone is 21. The fourth-order valence-electron chi connectivity index (χ4n) is 5.98. The van der Waals surface area contributed by atoms with Crippen LogP contribution in [0.4, 0.5) is 0 Å². The molecule has 0 aromatic carbocycles. The molecule has 0 N–H and O–H groups in total. The predicted octanol–water partition coefficient (Wildman–Crippen LogP) is 12.2. The molecule has 0 radical (unpaired) electrons. The van der Waals surface area contributed by atoms with Gasteiger partial charge in [0.15, 0.2) is 0 Å².